The van der Waals surface area contributed by atoms with Gasteiger partial charge >= 0.3 is 0 Å². The van der Waals surface area contributed by atoms with Crippen molar-refractivity contribution in [2.75, 3.05) is 38.0 Å². The summed E-state index contributed by atoms with van der Waals surface area (Å²) in [5.41, 5.74) is 1.90. The van der Waals surface area contributed by atoms with E-state index in [4.69, 9.17) is 11.6 Å². The van der Waals surface area contributed by atoms with Crippen LogP contribution >= 0.6 is 11.6 Å². The zero-order chi connectivity index (χ0) is 20.1. The van der Waals surface area contributed by atoms with E-state index >= 15 is 0 Å². The second-order valence-electron chi connectivity index (χ2n) is 9.56. The molecule has 1 amide bonds. The molecule has 3 aliphatic rings. The molecule has 160 valence electrons. The summed E-state index contributed by atoms with van der Waals surface area (Å²) >= 11 is 6.37. The molecular formula is C24H36ClN3O. The quantitative estimate of drug-likeness (QED) is 0.630. The number of piperidine rings is 1. The van der Waals surface area contributed by atoms with Crippen molar-refractivity contribution in [1.29, 1.82) is 0 Å². The molecule has 1 aromatic carbocycles. The van der Waals surface area contributed by atoms with Crippen molar-refractivity contribution < 1.29 is 4.79 Å². The van der Waals surface area contributed by atoms with E-state index in [1.165, 1.54) is 77.3 Å². The number of nitrogens with one attached hydrogen (secondary N) is 2. The van der Waals surface area contributed by atoms with Crippen molar-refractivity contribution in [1.82, 2.24) is 10.2 Å². The second-order valence-corrected chi connectivity index (χ2v) is 9.97. The van der Waals surface area contributed by atoms with Crippen LogP contribution in [-0.4, -0.2) is 43.5 Å². The maximum Gasteiger partial charge on any atom is 0.252 e. The lowest BCUT2D eigenvalue weighted by atomic mass is 9.62. The fraction of sp³-hybridized carbons (Fsp3) is 0.708. The summed E-state index contributed by atoms with van der Waals surface area (Å²) in [7, 11) is 0. The van der Waals surface area contributed by atoms with Gasteiger partial charge in [0.15, 0.2) is 0 Å². The molecule has 4 nitrogen and oxygen atoms in total. The molecule has 1 saturated heterocycles. The van der Waals surface area contributed by atoms with Gasteiger partial charge in [-0.3, -0.25) is 4.79 Å². The zero-order valence-corrected chi connectivity index (χ0v) is 18.4. The van der Waals surface area contributed by atoms with Crippen LogP contribution in [0.15, 0.2) is 18.2 Å². The number of carbonyl (C=O) groups is 1. The fourth-order valence-electron chi connectivity index (χ4n) is 5.78. The summed E-state index contributed by atoms with van der Waals surface area (Å²) in [5, 5.41) is 7.24. The SMILES string of the molecule is O=C(NCC12CCCC(CCC1)C2)c1cc(NCCN2CCCCC2)ccc1Cl. The van der Waals surface area contributed by atoms with Crippen LogP contribution in [-0.2, 0) is 0 Å². The van der Waals surface area contributed by atoms with Crippen LogP contribution in [0.5, 0.6) is 0 Å². The average Bonchev–Trinajstić information content (AvgIpc) is 2.74. The number of fused-ring (bicyclic) bond motifs is 2. The van der Waals surface area contributed by atoms with Gasteiger partial charge in [-0.2, -0.15) is 0 Å². The van der Waals surface area contributed by atoms with E-state index < -0.39 is 0 Å². The predicted molar refractivity (Wildman–Crippen MR) is 121 cm³/mol. The minimum absolute atomic E-state index is 0.0308. The fourth-order valence-corrected chi connectivity index (χ4v) is 5.99. The van der Waals surface area contributed by atoms with E-state index in [0.717, 1.165) is 31.2 Å². The molecule has 0 aromatic heterocycles. The highest BCUT2D eigenvalue weighted by atomic mass is 35.5. The van der Waals surface area contributed by atoms with Crippen molar-refractivity contribution in [3.63, 3.8) is 0 Å². The Balaban J connectivity index is 1.31. The molecule has 29 heavy (non-hydrogen) atoms. The first kappa shape index (κ1) is 21.0. The van der Waals surface area contributed by atoms with Crippen LogP contribution in [0.1, 0.15) is 74.6 Å². The van der Waals surface area contributed by atoms with Gasteiger partial charge in [-0.05, 0) is 74.7 Å². The summed E-state index contributed by atoms with van der Waals surface area (Å²) in [6.07, 6.45) is 13.2. The minimum Gasteiger partial charge on any atom is -0.384 e. The Hall–Kier alpha value is -1.26. The van der Waals surface area contributed by atoms with E-state index in [9.17, 15) is 4.79 Å². The smallest absolute Gasteiger partial charge is 0.252 e. The van der Waals surface area contributed by atoms with Crippen LogP contribution in [0, 0.1) is 11.3 Å². The number of carbonyl (C=O) groups excluding carboxylic acids is 1. The molecule has 2 bridgehead atoms. The molecule has 0 spiro atoms. The van der Waals surface area contributed by atoms with Crippen molar-refractivity contribution >= 4 is 23.2 Å². The first-order chi connectivity index (χ1) is 14.1. The van der Waals surface area contributed by atoms with Gasteiger partial charge in [0.25, 0.3) is 5.91 Å². The summed E-state index contributed by atoms with van der Waals surface area (Å²) in [4.78, 5) is 15.4. The van der Waals surface area contributed by atoms with E-state index in [1.54, 1.807) is 0 Å². The molecule has 5 heteroatoms. The number of rotatable bonds is 7. The molecule has 1 heterocycles. The van der Waals surface area contributed by atoms with Crippen LogP contribution in [0.25, 0.3) is 0 Å². The molecule has 0 atom stereocenters. The summed E-state index contributed by atoms with van der Waals surface area (Å²) in [6.45, 7) is 5.16. The monoisotopic (exact) mass is 417 g/mol. The topological polar surface area (TPSA) is 44.4 Å². The maximum absolute atomic E-state index is 12.9. The predicted octanol–water partition coefficient (Wildman–Crippen LogP) is 5.33. The maximum atomic E-state index is 12.9. The van der Waals surface area contributed by atoms with Crippen LogP contribution in [0.2, 0.25) is 5.02 Å². The van der Waals surface area contributed by atoms with Gasteiger partial charge in [0.1, 0.15) is 0 Å². The summed E-state index contributed by atoms with van der Waals surface area (Å²) in [6, 6.07) is 5.73. The highest BCUT2D eigenvalue weighted by molar-refractivity contribution is 6.34. The lowest BCUT2D eigenvalue weighted by molar-refractivity contribution is 0.0682. The number of hydrogen-bond donors (Lipinski definition) is 2. The highest BCUT2D eigenvalue weighted by Crippen LogP contribution is 2.48. The standard InChI is InChI=1S/C24H36ClN3O/c25-22-9-8-20(26-12-15-28-13-2-1-3-14-28)16-21(22)23(29)27-18-24-10-4-6-19(17-24)7-5-11-24/h8-9,16,19,26H,1-7,10-15,17-18H2,(H,27,29). The number of halogens is 1. The van der Waals surface area contributed by atoms with Crippen LogP contribution in [0.3, 0.4) is 0 Å². The van der Waals surface area contributed by atoms with Gasteiger partial charge in [0, 0.05) is 25.3 Å². The lowest BCUT2D eigenvalue weighted by Crippen LogP contribution is -2.43. The molecule has 0 radical (unpaired) electrons. The van der Waals surface area contributed by atoms with Gasteiger partial charge in [-0.15, -0.1) is 0 Å². The van der Waals surface area contributed by atoms with Gasteiger partial charge in [0.05, 0.1) is 10.6 Å². The van der Waals surface area contributed by atoms with E-state index in [-0.39, 0.29) is 5.91 Å². The van der Waals surface area contributed by atoms with Crippen molar-refractivity contribution in [2.24, 2.45) is 11.3 Å². The Labute approximate surface area is 180 Å². The van der Waals surface area contributed by atoms with Crippen LogP contribution < -0.4 is 10.6 Å². The normalized spacial score (nSPS) is 27.4. The Morgan fingerprint density at radius 1 is 1.10 bits per heavy atom. The lowest BCUT2D eigenvalue weighted by Gasteiger charge is -2.45. The Bertz CT molecular complexity index is 691. The number of benzene rings is 1. The molecule has 1 aromatic rings. The number of anilines is 1. The van der Waals surface area contributed by atoms with E-state index in [1.807, 2.05) is 18.2 Å². The van der Waals surface area contributed by atoms with Crippen molar-refractivity contribution in [3.05, 3.63) is 28.8 Å². The average molecular weight is 418 g/mol. The first-order valence-electron chi connectivity index (χ1n) is 11.7. The molecule has 1 aliphatic heterocycles. The molecule has 0 unspecified atom stereocenters. The summed E-state index contributed by atoms with van der Waals surface area (Å²) in [5.74, 6) is 0.849. The van der Waals surface area contributed by atoms with Gasteiger partial charge in [-0.25, -0.2) is 0 Å². The Morgan fingerprint density at radius 2 is 1.86 bits per heavy atom. The summed E-state index contributed by atoms with van der Waals surface area (Å²) < 4.78 is 0. The molecule has 2 N–H and O–H groups in total. The molecule has 4 rings (SSSR count). The molecule has 2 saturated carbocycles. The minimum atomic E-state index is -0.0308. The van der Waals surface area contributed by atoms with Crippen molar-refractivity contribution in [3.8, 4) is 0 Å². The third-order valence-corrected chi connectivity index (χ3v) is 7.73. The number of likely N-dealkylation sites (tertiary alicyclic amines) is 1. The molecule has 3 fully saturated rings. The number of amides is 1. The number of hydrogen-bond acceptors (Lipinski definition) is 3. The van der Waals surface area contributed by atoms with Gasteiger partial charge in [0.2, 0.25) is 0 Å². The third kappa shape index (κ3) is 5.46. The van der Waals surface area contributed by atoms with Crippen molar-refractivity contribution in [2.45, 2.75) is 64.2 Å². The highest BCUT2D eigenvalue weighted by Gasteiger charge is 2.39. The second kappa shape index (κ2) is 9.70. The van der Waals surface area contributed by atoms with E-state index in [2.05, 4.69) is 15.5 Å². The third-order valence-electron chi connectivity index (χ3n) is 7.40. The zero-order valence-electron chi connectivity index (χ0n) is 17.6. The van der Waals surface area contributed by atoms with E-state index in [0.29, 0.717) is 16.0 Å². The molecular weight excluding hydrogens is 382 g/mol. The number of nitrogens with zero attached hydrogens (tertiary/aromatic N) is 1. The van der Waals surface area contributed by atoms with Crippen LogP contribution in [0.4, 0.5) is 5.69 Å². The Morgan fingerprint density at radius 3 is 2.62 bits per heavy atom. The van der Waals surface area contributed by atoms with Gasteiger partial charge < -0.3 is 15.5 Å². The molecule has 2 aliphatic carbocycles. The largest absolute Gasteiger partial charge is 0.384 e. The Kier molecular flexibility index (Phi) is 7.02. The first-order valence-corrected chi connectivity index (χ1v) is 12.1. The van der Waals surface area contributed by atoms with Gasteiger partial charge in [-0.1, -0.05) is 43.7 Å².